The standard InChI is InChI=1S/C16H22N4O3S/c1-11(17)12-5-4-8-20(10-12)15(21)9-18-16-13-6-2-3-7-14(13)24(22,23)19-16/h2-3,6-7,11-12H,4-5,8-10,17H2,1H3,(H,18,19). The second-order valence-electron chi connectivity index (χ2n) is 6.37. The van der Waals surface area contributed by atoms with Crippen LogP contribution in [0, 0.1) is 5.92 Å². The minimum absolute atomic E-state index is 0.0560. The van der Waals surface area contributed by atoms with Gasteiger partial charge < -0.3 is 10.6 Å². The Bertz CT molecular complexity index is 773. The number of amidine groups is 1. The molecule has 7 nitrogen and oxygen atoms in total. The first-order chi connectivity index (χ1) is 11.4. The maximum atomic E-state index is 12.4. The number of nitrogens with zero attached hydrogens (tertiary/aromatic N) is 2. The van der Waals surface area contributed by atoms with Crippen LogP contribution in [0.1, 0.15) is 25.3 Å². The van der Waals surface area contributed by atoms with Crippen molar-refractivity contribution in [1.82, 2.24) is 9.62 Å². The molecule has 1 fully saturated rings. The number of nitrogens with one attached hydrogen (secondary N) is 1. The Labute approximate surface area is 142 Å². The van der Waals surface area contributed by atoms with Crippen LogP contribution in [0.25, 0.3) is 0 Å². The van der Waals surface area contributed by atoms with Crippen molar-refractivity contribution in [3.63, 3.8) is 0 Å². The highest BCUT2D eigenvalue weighted by Gasteiger charge is 2.31. The lowest BCUT2D eigenvalue weighted by molar-refractivity contribution is -0.131. The second-order valence-corrected chi connectivity index (χ2v) is 8.02. The molecule has 130 valence electrons. The lowest BCUT2D eigenvalue weighted by atomic mass is 9.92. The molecule has 0 bridgehead atoms. The number of benzene rings is 1. The van der Waals surface area contributed by atoms with Gasteiger partial charge in [0.05, 0.1) is 4.90 Å². The van der Waals surface area contributed by atoms with Gasteiger partial charge in [-0.2, -0.15) is 0 Å². The number of piperidine rings is 1. The summed E-state index contributed by atoms with van der Waals surface area (Å²) in [4.78, 5) is 18.6. The Kier molecular flexibility index (Phi) is 4.60. The van der Waals surface area contributed by atoms with Gasteiger partial charge in [0.2, 0.25) is 5.91 Å². The van der Waals surface area contributed by atoms with Gasteiger partial charge in [-0.05, 0) is 37.8 Å². The fraction of sp³-hybridized carbons (Fsp3) is 0.500. The monoisotopic (exact) mass is 350 g/mol. The zero-order valence-corrected chi connectivity index (χ0v) is 14.4. The number of amides is 1. The number of aliphatic imine (C=N–C) groups is 1. The number of likely N-dealkylation sites (tertiary alicyclic amines) is 1. The lowest BCUT2D eigenvalue weighted by Crippen LogP contribution is -2.45. The van der Waals surface area contributed by atoms with Gasteiger partial charge in [-0.1, -0.05) is 12.1 Å². The molecule has 0 aliphatic carbocycles. The molecule has 2 heterocycles. The molecule has 0 aromatic heterocycles. The van der Waals surface area contributed by atoms with Crippen LogP contribution in [0.3, 0.4) is 0 Å². The third-order valence-corrected chi connectivity index (χ3v) is 5.99. The molecule has 2 aliphatic heterocycles. The predicted octanol–water partition coefficient (Wildman–Crippen LogP) is 0.311. The summed E-state index contributed by atoms with van der Waals surface area (Å²) in [7, 11) is -3.57. The van der Waals surface area contributed by atoms with Crippen LogP contribution in [0.15, 0.2) is 34.2 Å². The van der Waals surface area contributed by atoms with E-state index in [1.807, 2.05) is 6.92 Å². The van der Waals surface area contributed by atoms with Gasteiger partial charge in [-0.25, -0.2) is 8.42 Å². The van der Waals surface area contributed by atoms with Crippen LogP contribution in [0.2, 0.25) is 0 Å². The maximum Gasteiger partial charge on any atom is 0.263 e. The molecule has 3 N–H and O–H groups in total. The summed E-state index contributed by atoms with van der Waals surface area (Å²) >= 11 is 0. The molecule has 2 unspecified atom stereocenters. The summed E-state index contributed by atoms with van der Waals surface area (Å²) in [5, 5.41) is 0. The average Bonchev–Trinajstić information content (AvgIpc) is 2.84. The van der Waals surface area contributed by atoms with E-state index >= 15 is 0 Å². The van der Waals surface area contributed by atoms with E-state index in [-0.39, 0.29) is 29.2 Å². The minimum Gasteiger partial charge on any atom is -0.341 e. The lowest BCUT2D eigenvalue weighted by Gasteiger charge is -2.34. The Balaban J connectivity index is 1.71. The number of rotatable bonds is 3. The molecule has 1 aromatic rings. The normalized spacial score (nSPS) is 25.2. The van der Waals surface area contributed by atoms with Crippen molar-refractivity contribution in [2.45, 2.75) is 30.7 Å². The second kappa shape index (κ2) is 6.52. The third kappa shape index (κ3) is 3.29. The van der Waals surface area contributed by atoms with E-state index in [4.69, 9.17) is 5.73 Å². The average molecular weight is 350 g/mol. The van der Waals surface area contributed by atoms with Crippen LogP contribution in [-0.4, -0.2) is 50.7 Å². The highest BCUT2D eigenvalue weighted by molar-refractivity contribution is 7.90. The zero-order valence-electron chi connectivity index (χ0n) is 13.6. The van der Waals surface area contributed by atoms with Crippen molar-refractivity contribution < 1.29 is 13.2 Å². The quantitative estimate of drug-likeness (QED) is 0.818. The van der Waals surface area contributed by atoms with E-state index in [9.17, 15) is 13.2 Å². The highest BCUT2D eigenvalue weighted by atomic mass is 32.2. The number of carbonyl (C=O) groups excluding carboxylic acids is 1. The number of fused-ring (bicyclic) bond motifs is 1. The van der Waals surface area contributed by atoms with E-state index in [2.05, 4.69) is 9.71 Å². The molecular weight excluding hydrogens is 328 g/mol. The van der Waals surface area contributed by atoms with Gasteiger partial charge in [0, 0.05) is 24.7 Å². The molecule has 3 rings (SSSR count). The minimum atomic E-state index is -3.57. The molecule has 0 spiro atoms. The summed E-state index contributed by atoms with van der Waals surface area (Å²) in [6.45, 7) is 3.24. The van der Waals surface area contributed by atoms with E-state index < -0.39 is 10.0 Å². The Morgan fingerprint density at radius 2 is 2.21 bits per heavy atom. The zero-order chi connectivity index (χ0) is 17.3. The van der Waals surface area contributed by atoms with Gasteiger partial charge in [-0.3, -0.25) is 14.5 Å². The van der Waals surface area contributed by atoms with Crippen LogP contribution in [0.5, 0.6) is 0 Å². The van der Waals surface area contributed by atoms with Gasteiger partial charge in [0.1, 0.15) is 12.4 Å². The molecule has 0 radical (unpaired) electrons. The van der Waals surface area contributed by atoms with Crippen LogP contribution in [0.4, 0.5) is 0 Å². The Hall–Kier alpha value is -1.93. The summed E-state index contributed by atoms with van der Waals surface area (Å²) in [6.07, 6.45) is 1.97. The molecule has 1 saturated heterocycles. The van der Waals surface area contributed by atoms with Gasteiger partial charge in [0.15, 0.2) is 0 Å². The first kappa shape index (κ1) is 16.9. The molecule has 1 amide bonds. The van der Waals surface area contributed by atoms with Crippen molar-refractivity contribution in [2.75, 3.05) is 19.6 Å². The van der Waals surface area contributed by atoms with E-state index in [1.54, 1.807) is 23.1 Å². The van der Waals surface area contributed by atoms with E-state index in [0.29, 0.717) is 24.6 Å². The van der Waals surface area contributed by atoms with Crippen molar-refractivity contribution in [3.8, 4) is 0 Å². The van der Waals surface area contributed by atoms with Crippen LogP contribution >= 0.6 is 0 Å². The molecular formula is C16H22N4O3S. The number of hydrogen-bond acceptors (Lipinski definition) is 5. The molecule has 24 heavy (non-hydrogen) atoms. The van der Waals surface area contributed by atoms with Gasteiger partial charge in [-0.15, -0.1) is 0 Å². The smallest absolute Gasteiger partial charge is 0.263 e. The first-order valence-electron chi connectivity index (χ1n) is 8.08. The van der Waals surface area contributed by atoms with E-state index in [0.717, 1.165) is 12.8 Å². The Morgan fingerprint density at radius 1 is 1.46 bits per heavy atom. The molecule has 0 saturated carbocycles. The molecule has 8 heteroatoms. The van der Waals surface area contributed by atoms with Crippen molar-refractivity contribution in [2.24, 2.45) is 16.6 Å². The topological polar surface area (TPSA) is 105 Å². The van der Waals surface area contributed by atoms with Crippen molar-refractivity contribution in [3.05, 3.63) is 29.8 Å². The summed E-state index contributed by atoms with van der Waals surface area (Å²) in [5.74, 6) is 0.442. The van der Waals surface area contributed by atoms with E-state index in [1.165, 1.54) is 6.07 Å². The first-order valence-corrected chi connectivity index (χ1v) is 9.57. The fourth-order valence-corrected chi connectivity index (χ4v) is 4.41. The third-order valence-electron chi connectivity index (χ3n) is 4.59. The maximum absolute atomic E-state index is 12.4. The van der Waals surface area contributed by atoms with Gasteiger partial charge in [0.25, 0.3) is 10.0 Å². The number of nitrogens with two attached hydrogens (primary N) is 1. The van der Waals surface area contributed by atoms with Crippen molar-refractivity contribution >= 4 is 21.8 Å². The summed E-state index contributed by atoms with van der Waals surface area (Å²) in [5.41, 5.74) is 6.46. The number of carbonyl (C=O) groups is 1. The Morgan fingerprint density at radius 3 is 2.96 bits per heavy atom. The molecule has 1 aromatic carbocycles. The number of hydrogen-bond donors (Lipinski definition) is 2. The van der Waals surface area contributed by atoms with Crippen LogP contribution in [-0.2, 0) is 14.8 Å². The summed E-state index contributed by atoms with van der Waals surface area (Å²) < 4.78 is 26.5. The largest absolute Gasteiger partial charge is 0.341 e. The molecule has 2 atom stereocenters. The van der Waals surface area contributed by atoms with Gasteiger partial charge >= 0.3 is 0 Å². The SMILES string of the molecule is CC(N)C1CCCN(C(=O)CN=C2NS(=O)(=O)c3ccccc32)C1. The van der Waals surface area contributed by atoms with Crippen LogP contribution < -0.4 is 10.5 Å². The highest BCUT2D eigenvalue weighted by Crippen LogP contribution is 2.22. The fourth-order valence-electron chi connectivity index (χ4n) is 3.16. The van der Waals surface area contributed by atoms with Crippen molar-refractivity contribution in [1.29, 1.82) is 0 Å². The molecule has 2 aliphatic rings. The summed E-state index contributed by atoms with van der Waals surface area (Å²) in [6, 6.07) is 6.67. The number of sulfonamides is 1. The predicted molar refractivity (Wildman–Crippen MR) is 91.1 cm³/mol.